The van der Waals surface area contributed by atoms with E-state index in [1.165, 1.54) is 0 Å². The van der Waals surface area contributed by atoms with Crippen molar-refractivity contribution < 1.29 is 4.79 Å². The van der Waals surface area contributed by atoms with Gasteiger partial charge in [0.2, 0.25) is 0 Å². The van der Waals surface area contributed by atoms with Crippen LogP contribution in [0, 0.1) is 0 Å². The number of hydrogen-bond acceptors (Lipinski definition) is 4. The smallest absolute Gasteiger partial charge is 0.257 e. The van der Waals surface area contributed by atoms with Gasteiger partial charge < -0.3 is 15.5 Å². The van der Waals surface area contributed by atoms with Gasteiger partial charge in [0.05, 0.1) is 16.3 Å². The summed E-state index contributed by atoms with van der Waals surface area (Å²) in [7, 11) is 0. The van der Waals surface area contributed by atoms with E-state index in [-0.39, 0.29) is 5.91 Å². The zero-order valence-corrected chi connectivity index (χ0v) is 20.7. The Morgan fingerprint density at radius 3 is 2.34 bits per heavy atom. The summed E-state index contributed by atoms with van der Waals surface area (Å²) >= 11 is 6.38. The van der Waals surface area contributed by atoms with E-state index in [2.05, 4.69) is 34.4 Å². The summed E-state index contributed by atoms with van der Waals surface area (Å²) < 4.78 is 0. The molecule has 1 heterocycles. The molecule has 2 N–H and O–H groups in total. The molecule has 4 rings (SSSR count). The summed E-state index contributed by atoms with van der Waals surface area (Å²) in [6, 6.07) is 27.2. The third-order valence-electron chi connectivity index (χ3n) is 5.88. The van der Waals surface area contributed by atoms with Crippen molar-refractivity contribution in [2.45, 2.75) is 20.4 Å². The first-order valence-electron chi connectivity index (χ1n) is 11.8. The average Bonchev–Trinajstić information content (AvgIpc) is 2.90. The Kier molecular flexibility index (Phi) is 8.01. The monoisotopic (exact) mass is 484 g/mol. The van der Waals surface area contributed by atoms with Crippen LogP contribution in [0.15, 0.2) is 91.1 Å². The van der Waals surface area contributed by atoms with Crippen LogP contribution >= 0.6 is 11.6 Å². The highest BCUT2D eigenvalue weighted by Gasteiger charge is 2.15. The molecular weight excluding hydrogens is 456 g/mol. The van der Waals surface area contributed by atoms with E-state index in [0.29, 0.717) is 28.5 Å². The highest BCUT2D eigenvalue weighted by Crippen LogP contribution is 2.30. The van der Waals surface area contributed by atoms with Crippen LogP contribution in [0.3, 0.4) is 0 Å². The van der Waals surface area contributed by atoms with Gasteiger partial charge in [-0.2, -0.15) is 0 Å². The minimum atomic E-state index is -0.185. The molecule has 0 fully saturated rings. The van der Waals surface area contributed by atoms with E-state index in [1.807, 2.05) is 78.9 Å². The molecule has 0 spiro atoms. The number of aromatic nitrogens is 1. The molecule has 0 atom stereocenters. The number of nitrogens with zero attached hydrogens (tertiary/aromatic N) is 2. The molecule has 1 aromatic heterocycles. The molecule has 35 heavy (non-hydrogen) atoms. The molecule has 0 radical (unpaired) electrons. The maximum atomic E-state index is 13.3. The molecule has 3 aromatic carbocycles. The van der Waals surface area contributed by atoms with E-state index >= 15 is 0 Å². The van der Waals surface area contributed by atoms with E-state index in [1.54, 1.807) is 12.3 Å². The van der Waals surface area contributed by atoms with E-state index in [0.717, 1.165) is 35.6 Å². The maximum Gasteiger partial charge on any atom is 0.257 e. The molecule has 4 aromatic rings. The molecule has 6 heteroatoms. The Labute approximate surface area is 211 Å². The molecule has 1 amide bonds. The van der Waals surface area contributed by atoms with Crippen LogP contribution in [-0.2, 0) is 6.54 Å². The zero-order valence-electron chi connectivity index (χ0n) is 20.0. The van der Waals surface area contributed by atoms with E-state index in [4.69, 9.17) is 11.6 Å². The Morgan fingerprint density at radius 2 is 1.66 bits per heavy atom. The summed E-state index contributed by atoms with van der Waals surface area (Å²) in [4.78, 5) is 20.0. The minimum Gasteiger partial charge on any atom is -0.380 e. The highest BCUT2D eigenvalue weighted by atomic mass is 35.5. The molecule has 0 aliphatic heterocycles. The number of benzene rings is 3. The average molecular weight is 485 g/mol. The maximum absolute atomic E-state index is 13.3. The fourth-order valence-corrected chi connectivity index (χ4v) is 4.20. The van der Waals surface area contributed by atoms with Gasteiger partial charge in [0, 0.05) is 48.5 Å². The summed E-state index contributed by atoms with van der Waals surface area (Å²) in [6.07, 6.45) is 1.71. The number of halogens is 1. The fourth-order valence-electron chi connectivity index (χ4n) is 3.97. The normalized spacial score (nSPS) is 10.6. The Hall–Kier alpha value is -3.83. The van der Waals surface area contributed by atoms with Crippen molar-refractivity contribution in [3.63, 3.8) is 0 Å². The second-order valence-corrected chi connectivity index (χ2v) is 8.51. The van der Waals surface area contributed by atoms with Gasteiger partial charge in [-0.05, 0) is 67.9 Å². The van der Waals surface area contributed by atoms with Crippen LogP contribution in [0.25, 0.3) is 11.3 Å². The number of anilines is 3. The Balaban J connectivity index is 1.60. The second kappa shape index (κ2) is 11.5. The first kappa shape index (κ1) is 24.3. The number of nitrogens with one attached hydrogen (secondary N) is 2. The molecule has 178 valence electrons. The van der Waals surface area contributed by atoms with Crippen LogP contribution in [0.5, 0.6) is 0 Å². The van der Waals surface area contributed by atoms with Crippen LogP contribution < -0.4 is 15.5 Å². The van der Waals surface area contributed by atoms with Crippen molar-refractivity contribution in [2.24, 2.45) is 0 Å². The van der Waals surface area contributed by atoms with Crippen molar-refractivity contribution in [1.29, 1.82) is 0 Å². The van der Waals surface area contributed by atoms with Gasteiger partial charge in [-0.3, -0.25) is 9.78 Å². The first-order chi connectivity index (χ1) is 17.1. The number of hydrogen-bond donors (Lipinski definition) is 2. The van der Waals surface area contributed by atoms with Gasteiger partial charge >= 0.3 is 0 Å². The molecule has 0 saturated carbocycles. The quantitative estimate of drug-likeness (QED) is 0.265. The van der Waals surface area contributed by atoms with Gasteiger partial charge in [-0.25, -0.2) is 0 Å². The molecule has 0 aliphatic carbocycles. The Morgan fingerprint density at radius 1 is 0.914 bits per heavy atom. The van der Waals surface area contributed by atoms with Crippen LogP contribution in [0.1, 0.15) is 29.8 Å². The lowest BCUT2D eigenvalue weighted by atomic mass is 10.0. The lowest BCUT2D eigenvalue weighted by molar-refractivity contribution is 0.102. The number of carbonyl (C=O) groups excluding carboxylic acids is 1. The van der Waals surface area contributed by atoms with E-state index in [9.17, 15) is 4.79 Å². The minimum absolute atomic E-state index is 0.185. The van der Waals surface area contributed by atoms with Gasteiger partial charge in [0.15, 0.2) is 0 Å². The van der Waals surface area contributed by atoms with Gasteiger partial charge in [-0.15, -0.1) is 0 Å². The third-order valence-corrected chi connectivity index (χ3v) is 6.18. The highest BCUT2D eigenvalue weighted by molar-refractivity contribution is 6.33. The summed E-state index contributed by atoms with van der Waals surface area (Å²) in [5.74, 6) is -0.185. The van der Waals surface area contributed by atoms with Crippen LogP contribution in [0.4, 0.5) is 17.1 Å². The van der Waals surface area contributed by atoms with Gasteiger partial charge in [0.25, 0.3) is 5.91 Å². The topological polar surface area (TPSA) is 57.3 Å². The van der Waals surface area contributed by atoms with Gasteiger partial charge in [0.1, 0.15) is 0 Å². The lowest BCUT2D eigenvalue weighted by Crippen LogP contribution is -2.21. The van der Waals surface area contributed by atoms with E-state index < -0.39 is 0 Å². The number of rotatable bonds is 9. The zero-order chi connectivity index (χ0) is 24.6. The van der Waals surface area contributed by atoms with Crippen molar-refractivity contribution in [2.75, 3.05) is 28.6 Å². The number of amides is 1. The molecular formula is C29H29ClN4O. The Bertz CT molecular complexity index is 1270. The molecule has 0 unspecified atom stereocenters. The summed E-state index contributed by atoms with van der Waals surface area (Å²) in [5.41, 5.74) is 5.77. The molecule has 0 aliphatic rings. The van der Waals surface area contributed by atoms with Crippen molar-refractivity contribution in [1.82, 2.24) is 4.98 Å². The number of carbonyl (C=O) groups is 1. The summed E-state index contributed by atoms with van der Waals surface area (Å²) in [5, 5.41) is 7.02. The second-order valence-electron chi connectivity index (χ2n) is 8.11. The molecule has 5 nitrogen and oxygen atoms in total. The van der Waals surface area contributed by atoms with Crippen molar-refractivity contribution >= 4 is 34.6 Å². The third kappa shape index (κ3) is 6.00. The molecule has 0 saturated heterocycles. The van der Waals surface area contributed by atoms with Crippen molar-refractivity contribution in [3.8, 4) is 11.3 Å². The molecule has 0 bridgehead atoms. The summed E-state index contributed by atoms with van der Waals surface area (Å²) in [6.45, 7) is 6.71. The first-order valence-corrected chi connectivity index (χ1v) is 12.2. The standard InChI is InChI=1S/C29H29ClN4O/c1-3-34(4-2)24-15-13-23(14-16-24)33-29(35)25-17-12-22(28-26(30)11-8-18-31-28)19-27(25)32-20-21-9-6-5-7-10-21/h5-19,32H,3-4,20H2,1-2H3,(H,33,35). The van der Waals surface area contributed by atoms with Crippen LogP contribution in [-0.4, -0.2) is 24.0 Å². The SMILES string of the molecule is CCN(CC)c1ccc(NC(=O)c2ccc(-c3ncccc3Cl)cc2NCc2ccccc2)cc1. The fraction of sp³-hybridized carbons (Fsp3) is 0.172. The van der Waals surface area contributed by atoms with Crippen molar-refractivity contribution in [3.05, 3.63) is 107 Å². The van der Waals surface area contributed by atoms with Gasteiger partial charge in [-0.1, -0.05) is 48.0 Å². The largest absolute Gasteiger partial charge is 0.380 e. The van der Waals surface area contributed by atoms with Crippen LogP contribution in [0.2, 0.25) is 5.02 Å². The lowest BCUT2D eigenvalue weighted by Gasteiger charge is -2.21. The predicted octanol–water partition coefficient (Wildman–Crippen LogP) is 7.11. The predicted molar refractivity (Wildman–Crippen MR) is 146 cm³/mol. The number of pyridine rings is 1.